The highest BCUT2D eigenvalue weighted by Gasteiger charge is 2.11. The molecule has 0 heterocycles. The van der Waals surface area contributed by atoms with Gasteiger partial charge in [0.25, 0.3) is 0 Å². The molecule has 0 saturated heterocycles. The molecule has 0 spiro atoms. The lowest BCUT2D eigenvalue weighted by Crippen LogP contribution is -2.17. The molecular weight excluding hydrogens is 190 g/mol. The lowest BCUT2D eigenvalue weighted by Gasteiger charge is -2.02. The van der Waals surface area contributed by atoms with Crippen LogP contribution in [0.25, 0.3) is 0 Å². The maximum Gasteiger partial charge on any atom is 0.357 e. The third kappa shape index (κ3) is 5.41. The van der Waals surface area contributed by atoms with Crippen molar-refractivity contribution in [3.63, 3.8) is 0 Å². The van der Waals surface area contributed by atoms with Crippen molar-refractivity contribution in [2.45, 2.75) is 6.92 Å². The van der Waals surface area contributed by atoms with E-state index in [2.05, 4.69) is 17.9 Å². The maximum atomic E-state index is 11.2. The van der Waals surface area contributed by atoms with Crippen molar-refractivity contribution in [1.82, 2.24) is 0 Å². The van der Waals surface area contributed by atoms with Crippen LogP contribution in [0.15, 0.2) is 49.1 Å². The highest BCUT2D eigenvalue weighted by molar-refractivity contribution is 6.42. The molecule has 0 aliphatic carbocycles. The second-order valence-corrected chi connectivity index (χ2v) is 2.67. The summed E-state index contributed by atoms with van der Waals surface area (Å²) in [5.74, 6) is -0.690. The van der Waals surface area contributed by atoms with Crippen LogP contribution in [-0.2, 0) is 9.53 Å². The van der Waals surface area contributed by atoms with Crippen molar-refractivity contribution in [2.75, 3.05) is 6.61 Å². The standard InChI is InChI=1S/C12H15NO2/c1-4-6-7-8-10(3)11(13)12(14)15-9-5-2/h4-8,13H,2-3,9H2,1H3/b6-4-,8-7-,13-11?. The van der Waals surface area contributed by atoms with E-state index in [0.29, 0.717) is 5.57 Å². The monoisotopic (exact) mass is 205 g/mol. The van der Waals surface area contributed by atoms with Crippen molar-refractivity contribution in [1.29, 1.82) is 5.41 Å². The largest absolute Gasteiger partial charge is 0.457 e. The lowest BCUT2D eigenvalue weighted by molar-refractivity contribution is -0.134. The Labute approximate surface area is 90.0 Å². The topological polar surface area (TPSA) is 50.2 Å². The third-order valence-electron chi connectivity index (χ3n) is 1.46. The molecule has 0 atom stereocenters. The smallest absolute Gasteiger partial charge is 0.357 e. The fourth-order valence-corrected chi connectivity index (χ4v) is 0.704. The fourth-order valence-electron chi connectivity index (χ4n) is 0.704. The summed E-state index contributed by atoms with van der Waals surface area (Å²) in [5, 5.41) is 7.43. The first-order valence-electron chi connectivity index (χ1n) is 4.48. The van der Waals surface area contributed by atoms with Crippen LogP contribution < -0.4 is 0 Å². The van der Waals surface area contributed by atoms with Crippen molar-refractivity contribution < 1.29 is 9.53 Å². The van der Waals surface area contributed by atoms with Gasteiger partial charge in [0.2, 0.25) is 0 Å². The second kappa shape index (κ2) is 7.50. The van der Waals surface area contributed by atoms with Gasteiger partial charge in [0.05, 0.1) is 0 Å². The molecule has 0 unspecified atom stereocenters. The highest BCUT2D eigenvalue weighted by Crippen LogP contribution is 1.98. The molecular formula is C12H15NO2. The summed E-state index contributed by atoms with van der Waals surface area (Å²) in [6.07, 6.45) is 8.36. The van der Waals surface area contributed by atoms with Gasteiger partial charge in [0.15, 0.2) is 0 Å². The summed E-state index contributed by atoms with van der Waals surface area (Å²) in [7, 11) is 0. The van der Waals surface area contributed by atoms with E-state index in [0.717, 1.165) is 0 Å². The number of rotatable bonds is 6. The van der Waals surface area contributed by atoms with E-state index >= 15 is 0 Å². The Hall–Kier alpha value is -1.90. The van der Waals surface area contributed by atoms with Gasteiger partial charge in [-0.05, 0) is 12.5 Å². The van der Waals surface area contributed by atoms with Gasteiger partial charge in [-0.15, -0.1) is 0 Å². The summed E-state index contributed by atoms with van der Waals surface area (Å²) in [4.78, 5) is 11.2. The molecule has 0 aliphatic rings. The van der Waals surface area contributed by atoms with Gasteiger partial charge in [-0.2, -0.15) is 0 Å². The molecule has 0 radical (unpaired) electrons. The predicted molar refractivity (Wildman–Crippen MR) is 62.0 cm³/mol. The van der Waals surface area contributed by atoms with Gasteiger partial charge in [-0.25, -0.2) is 4.79 Å². The van der Waals surface area contributed by atoms with Gasteiger partial charge in [-0.3, -0.25) is 5.41 Å². The Morgan fingerprint density at radius 3 is 2.67 bits per heavy atom. The molecule has 0 amide bonds. The van der Waals surface area contributed by atoms with E-state index in [-0.39, 0.29) is 12.3 Å². The molecule has 80 valence electrons. The number of carbonyl (C=O) groups excluding carboxylic acids is 1. The molecule has 15 heavy (non-hydrogen) atoms. The van der Waals surface area contributed by atoms with E-state index in [9.17, 15) is 4.79 Å². The van der Waals surface area contributed by atoms with Gasteiger partial charge in [-0.1, -0.05) is 43.5 Å². The summed E-state index contributed by atoms with van der Waals surface area (Å²) < 4.78 is 4.69. The Morgan fingerprint density at radius 2 is 2.13 bits per heavy atom. The molecule has 3 heteroatoms. The number of allylic oxidation sites excluding steroid dienone is 4. The van der Waals surface area contributed by atoms with Crippen LogP contribution in [0.1, 0.15) is 6.92 Å². The fraction of sp³-hybridized carbons (Fsp3) is 0.167. The second-order valence-electron chi connectivity index (χ2n) is 2.67. The van der Waals surface area contributed by atoms with Crippen LogP contribution in [-0.4, -0.2) is 18.3 Å². The van der Waals surface area contributed by atoms with Crippen molar-refractivity contribution >= 4 is 11.7 Å². The molecule has 1 N–H and O–H groups in total. The molecule has 0 saturated carbocycles. The Bertz CT molecular complexity index is 325. The van der Waals surface area contributed by atoms with Crippen LogP contribution in [0.4, 0.5) is 0 Å². The minimum absolute atomic E-state index is 0.104. The molecule has 0 rings (SSSR count). The normalized spacial score (nSPS) is 10.5. The number of ether oxygens (including phenoxy) is 1. The van der Waals surface area contributed by atoms with Crippen LogP contribution in [0.3, 0.4) is 0 Å². The minimum atomic E-state index is -0.690. The van der Waals surface area contributed by atoms with Crippen LogP contribution in [0.5, 0.6) is 0 Å². The van der Waals surface area contributed by atoms with Crippen LogP contribution in [0, 0.1) is 5.41 Å². The number of carbonyl (C=O) groups is 1. The van der Waals surface area contributed by atoms with Gasteiger partial charge >= 0.3 is 5.97 Å². The Balaban J connectivity index is 4.25. The van der Waals surface area contributed by atoms with Gasteiger partial charge in [0.1, 0.15) is 12.3 Å². The van der Waals surface area contributed by atoms with Crippen molar-refractivity contribution in [2.24, 2.45) is 0 Å². The molecule has 0 bridgehead atoms. The van der Waals surface area contributed by atoms with Crippen molar-refractivity contribution in [3.8, 4) is 0 Å². The number of esters is 1. The third-order valence-corrected chi connectivity index (χ3v) is 1.46. The number of hydrogen-bond acceptors (Lipinski definition) is 3. The van der Waals surface area contributed by atoms with Crippen LogP contribution >= 0.6 is 0 Å². The zero-order valence-electron chi connectivity index (χ0n) is 8.82. The van der Waals surface area contributed by atoms with E-state index in [1.165, 1.54) is 6.08 Å². The Morgan fingerprint density at radius 1 is 1.47 bits per heavy atom. The van der Waals surface area contributed by atoms with Gasteiger partial charge < -0.3 is 4.74 Å². The van der Waals surface area contributed by atoms with E-state index < -0.39 is 5.97 Å². The lowest BCUT2D eigenvalue weighted by atomic mass is 10.1. The average molecular weight is 205 g/mol. The quantitative estimate of drug-likeness (QED) is 0.313. The van der Waals surface area contributed by atoms with Crippen molar-refractivity contribution in [3.05, 3.63) is 49.1 Å². The summed E-state index contributed by atoms with van der Waals surface area (Å²) in [6.45, 7) is 8.96. The first-order valence-corrected chi connectivity index (χ1v) is 4.48. The first kappa shape index (κ1) is 13.1. The Kier molecular flexibility index (Phi) is 6.55. The first-order chi connectivity index (χ1) is 7.13. The molecule has 0 aromatic heterocycles. The van der Waals surface area contributed by atoms with E-state index in [4.69, 9.17) is 5.41 Å². The average Bonchev–Trinajstić information content (AvgIpc) is 2.24. The molecule has 0 aromatic rings. The highest BCUT2D eigenvalue weighted by atomic mass is 16.5. The zero-order valence-corrected chi connectivity index (χ0v) is 8.82. The molecule has 0 fully saturated rings. The molecule has 0 aromatic carbocycles. The van der Waals surface area contributed by atoms with Gasteiger partial charge in [0, 0.05) is 0 Å². The maximum absolute atomic E-state index is 11.2. The molecule has 0 aliphatic heterocycles. The SMILES string of the molecule is C=CCOC(=O)C(=N)C(=C)/C=C\C=C/C. The molecule has 3 nitrogen and oxygen atoms in total. The predicted octanol–water partition coefficient (Wildman–Crippen LogP) is 2.42. The van der Waals surface area contributed by atoms with Crippen LogP contribution in [0.2, 0.25) is 0 Å². The number of hydrogen-bond donors (Lipinski definition) is 1. The summed E-state index contributed by atoms with van der Waals surface area (Å²) >= 11 is 0. The van der Waals surface area contributed by atoms with E-state index in [1.54, 1.807) is 18.2 Å². The summed E-state index contributed by atoms with van der Waals surface area (Å²) in [5.41, 5.74) is 0.0831. The number of nitrogens with one attached hydrogen (secondary N) is 1. The summed E-state index contributed by atoms with van der Waals surface area (Å²) in [6, 6.07) is 0. The van der Waals surface area contributed by atoms with E-state index in [1.807, 2.05) is 13.0 Å². The zero-order chi connectivity index (χ0) is 11.7. The minimum Gasteiger partial charge on any atom is -0.457 e.